The zero-order chi connectivity index (χ0) is 22.2. The van der Waals surface area contributed by atoms with Crippen LogP contribution in [-0.4, -0.2) is 28.3 Å². The molecule has 4 nitrogen and oxygen atoms in total. The van der Waals surface area contributed by atoms with Gasteiger partial charge in [-0.3, -0.25) is 4.52 Å². The maximum atomic E-state index is 12.7. The molecule has 31 heavy (non-hydrogen) atoms. The Morgan fingerprint density at radius 2 is 1.42 bits per heavy atom. The van der Waals surface area contributed by atoms with Gasteiger partial charge in [0.25, 0.3) is 0 Å². The van der Waals surface area contributed by atoms with Gasteiger partial charge < -0.3 is 4.89 Å². The van der Waals surface area contributed by atoms with E-state index in [-0.39, 0.29) is 18.7 Å². The summed E-state index contributed by atoms with van der Waals surface area (Å²) < 4.78 is 19.7. The molecule has 1 atom stereocenters. The predicted molar refractivity (Wildman–Crippen MR) is 131 cm³/mol. The standard InChI is InChI=1S/C26H32NO3P/c1-18(2)27(19(3)4)31(28,29)30-17-6-5-8-20-11-12-23-14-13-21-9-7-10-22-15-16-24(20)26(23)25(21)22/h7,9-16,18-19H,5-6,8,17H2,1-4H3,(H,28,29). The third-order valence-electron chi connectivity index (χ3n) is 6.07. The molecule has 4 aromatic rings. The van der Waals surface area contributed by atoms with E-state index in [0.29, 0.717) is 0 Å². The van der Waals surface area contributed by atoms with Crippen molar-refractivity contribution in [2.75, 3.05) is 6.61 Å². The Hall–Kier alpha value is -1.97. The van der Waals surface area contributed by atoms with Gasteiger partial charge >= 0.3 is 7.75 Å². The first-order valence-corrected chi connectivity index (χ1v) is 12.7. The molecule has 0 spiro atoms. The number of hydrogen-bond donors (Lipinski definition) is 1. The summed E-state index contributed by atoms with van der Waals surface area (Å²) in [4.78, 5) is 10.4. The molecule has 164 valence electrons. The van der Waals surface area contributed by atoms with E-state index in [1.54, 1.807) is 4.67 Å². The first-order chi connectivity index (χ1) is 14.8. The van der Waals surface area contributed by atoms with Crippen LogP contribution in [0.4, 0.5) is 0 Å². The Morgan fingerprint density at radius 1 is 0.839 bits per heavy atom. The fourth-order valence-corrected chi connectivity index (χ4v) is 6.53. The van der Waals surface area contributed by atoms with Crippen LogP contribution >= 0.6 is 7.75 Å². The van der Waals surface area contributed by atoms with Crippen LogP contribution in [-0.2, 0) is 15.5 Å². The van der Waals surface area contributed by atoms with Crippen molar-refractivity contribution in [1.82, 2.24) is 4.67 Å². The quantitative estimate of drug-likeness (QED) is 0.172. The van der Waals surface area contributed by atoms with Crippen LogP contribution in [0.25, 0.3) is 32.3 Å². The van der Waals surface area contributed by atoms with Crippen molar-refractivity contribution in [3.63, 3.8) is 0 Å². The van der Waals surface area contributed by atoms with Gasteiger partial charge in [0.1, 0.15) is 0 Å². The van der Waals surface area contributed by atoms with Crippen molar-refractivity contribution < 1.29 is 14.0 Å². The van der Waals surface area contributed by atoms with Gasteiger partial charge in [0.05, 0.1) is 6.61 Å². The predicted octanol–water partition coefficient (Wildman–Crippen LogP) is 7.14. The Morgan fingerprint density at radius 3 is 2.06 bits per heavy atom. The van der Waals surface area contributed by atoms with Crippen LogP contribution in [0.5, 0.6) is 0 Å². The molecule has 0 fully saturated rings. The molecule has 0 heterocycles. The highest BCUT2D eigenvalue weighted by molar-refractivity contribution is 7.50. The van der Waals surface area contributed by atoms with Gasteiger partial charge in [-0.1, -0.05) is 54.6 Å². The van der Waals surface area contributed by atoms with E-state index in [2.05, 4.69) is 54.6 Å². The summed E-state index contributed by atoms with van der Waals surface area (Å²) in [5.74, 6) is 0. The summed E-state index contributed by atoms with van der Waals surface area (Å²) in [5.41, 5.74) is 1.32. The molecule has 0 saturated carbocycles. The molecule has 4 rings (SSSR count). The second-order valence-electron chi connectivity index (χ2n) is 8.93. The van der Waals surface area contributed by atoms with E-state index in [4.69, 9.17) is 4.52 Å². The van der Waals surface area contributed by atoms with Gasteiger partial charge in [0, 0.05) is 12.1 Å². The zero-order valence-electron chi connectivity index (χ0n) is 18.8. The van der Waals surface area contributed by atoms with Gasteiger partial charge in [-0.2, -0.15) is 0 Å². The number of rotatable bonds is 9. The zero-order valence-corrected chi connectivity index (χ0v) is 19.7. The molecule has 0 aromatic heterocycles. The van der Waals surface area contributed by atoms with Gasteiger partial charge in [-0.15, -0.1) is 0 Å². The van der Waals surface area contributed by atoms with Gasteiger partial charge in [0.2, 0.25) is 0 Å². The van der Waals surface area contributed by atoms with Crippen LogP contribution in [0.1, 0.15) is 46.1 Å². The van der Waals surface area contributed by atoms with Crippen LogP contribution in [0, 0.1) is 0 Å². The lowest BCUT2D eigenvalue weighted by molar-refractivity contribution is 0.165. The molecule has 0 radical (unpaired) electrons. The van der Waals surface area contributed by atoms with Gasteiger partial charge in [-0.05, 0) is 84.8 Å². The minimum atomic E-state index is -3.77. The minimum Gasteiger partial charge on any atom is -0.312 e. The number of aryl methyl sites for hydroxylation is 1. The molecule has 0 aliphatic heterocycles. The summed E-state index contributed by atoms with van der Waals surface area (Å²) in [6.07, 6.45) is 2.58. The molecule has 0 saturated heterocycles. The minimum absolute atomic E-state index is 0.0481. The highest BCUT2D eigenvalue weighted by Crippen LogP contribution is 2.49. The third kappa shape index (κ3) is 4.36. The lowest BCUT2D eigenvalue weighted by Crippen LogP contribution is -2.34. The molecule has 1 N–H and O–H groups in total. The summed E-state index contributed by atoms with van der Waals surface area (Å²) in [7, 11) is -3.77. The number of hydrogen-bond acceptors (Lipinski definition) is 2. The lowest BCUT2D eigenvalue weighted by atomic mass is 9.91. The van der Waals surface area contributed by atoms with E-state index >= 15 is 0 Å². The number of unbranched alkanes of at least 4 members (excludes halogenated alkanes) is 1. The molecular weight excluding hydrogens is 405 g/mol. The SMILES string of the molecule is CC(C)N(C(C)C)P(=O)(O)OCCCCc1ccc2ccc3cccc4ccc1c2c34. The second kappa shape index (κ2) is 8.88. The van der Waals surface area contributed by atoms with E-state index < -0.39 is 7.75 Å². The van der Waals surface area contributed by atoms with Crippen molar-refractivity contribution >= 4 is 40.1 Å². The van der Waals surface area contributed by atoms with Gasteiger partial charge in [0.15, 0.2) is 0 Å². The summed E-state index contributed by atoms with van der Waals surface area (Å²) in [6.45, 7) is 7.95. The first-order valence-electron chi connectivity index (χ1n) is 11.2. The van der Waals surface area contributed by atoms with E-state index in [0.717, 1.165) is 19.3 Å². The van der Waals surface area contributed by atoms with Crippen LogP contribution in [0.3, 0.4) is 0 Å². The molecule has 0 amide bonds. The number of benzene rings is 4. The van der Waals surface area contributed by atoms with E-state index in [9.17, 15) is 9.46 Å². The highest BCUT2D eigenvalue weighted by Gasteiger charge is 2.33. The fourth-order valence-electron chi connectivity index (χ4n) is 4.86. The largest absolute Gasteiger partial charge is 0.406 e. The third-order valence-corrected chi connectivity index (χ3v) is 8.10. The smallest absolute Gasteiger partial charge is 0.312 e. The van der Waals surface area contributed by atoms with Crippen molar-refractivity contribution in [2.45, 2.75) is 59.0 Å². The topological polar surface area (TPSA) is 49.8 Å². The van der Waals surface area contributed by atoms with Crippen molar-refractivity contribution in [3.05, 3.63) is 60.2 Å². The van der Waals surface area contributed by atoms with Gasteiger partial charge in [-0.25, -0.2) is 9.24 Å². The first kappa shape index (κ1) is 22.2. The molecule has 4 aromatic carbocycles. The highest BCUT2D eigenvalue weighted by atomic mass is 31.2. The normalized spacial score (nSPS) is 14.6. The molecule has 1 unspecified atom stereocenters. The lowest BCUT2D eigenvalue weighted by Gasteiger charge is -2.33. The maximum absolute atomic E-state index is 12.7. The Balaban J connectivity index is 1.46. The fraction of sp³-hybridized carbons (Fsp3) is 0.385. The average Bonchev–Trinajstić information content (AvgIpc) is 2.71. The van der Waals surface area contributed by atoms with Crippen molar-refractivity contribution in [1.29, 1.82) is 0 Å². The number of nitrogens with zero attached hydrogens (tertiary/aromatic N) is 1. The van der Waals surface area contributed by atoms with E-state index in [1.807, 2.05) is 27.7 Å². The summed E-state index contributed by atoms with van der Waals surface area (Å²) >= 11 is 0. The van der Waals surface area contributed by atoms with Crippen molar-refractivity contribution in [3.8, 4) is 0 Å². The van der Waals surface area contributed by atoms with Crippen molar-refractivity contribution in [2.24, 2.45) is 0 Å². The summed E-state index contributed by atoms with van der Waals surface area (Å²) in [5, 5.41) is 7.82. The maximum Gasteiger partial charge on any atom is 0.406 e. The Bertz CT molecular complexity index is 1210. The molecule has 0 bridgehead atoms. The van der Waals surface area contributed by atoms with Crippen LogP contribution in [0.2, 0.25) is 0 Å². The summed E-state index contributed by atoms with van der Waals surface area (Å²) in [6, 6.07) is 19.7. The monoisotopic (exact) mass is 437 g/mol. The Kier molecular flexibility index (Phi) is 6.37. The molecular formula is C26H32NO3P. The Labute approximate surface area is 184 Å². The van der Waals surface area contributed by atoms with E-state index in [1.165, 1.54) is 37.9 Å². The average molecular weight is 438 g/mol. The second-order valence-corrected chi connectivity index (χ2v) is 10.6. The van der Waals surface area contributed by atoms with Crippen LogP contribution in [0.15, 0.2) is 54.6 Å². The molecule has 0 aliphatic carbocycles. The molecule has 5 heteroatoms. The molecule has 0 aliphatic rings. The van der Waals surface area contributed by atoms with Crippen LogP contribution < -0.4 is 0 Å².